The predicted molar refractivity (Wildman–Crippen MR) is 70.8 cm³/mol. The molecule has 1 aliphatic carbocycles. The normalized spacial score (nSPS) is 44.2. The maximum absolute atomic E-state index is 12.1. The van der Waals surface area contributed by atoms with Crippen LogP contribution in [0, 0.1) is 29.6 Å². The van der Waals surface area contributed by atoms with E-state index in [2.05, 4.69) is 32.6 Å². The Bertz CT molecular complexity index is 279. The maximum atomic E-state index is 12.1. The molecule has 1 heterocycles. The first kappa shape index (κ1) is 13.1. The molecule has 2 aliphatic rings. The highest BCUT2D eigenvalue weighted by Gasteiger charge is 2.35. The third-order valence-corrected chi connectivity index (χ3v) is 4.94. The number of nitrogens with zero attached hydrogens (tertiary/aromatic N) is 1. The Balaban J connectivity index is 1.92. The second-order valence-corrected chi connectivity index (χ2v) is 6.77. The van der Waals surface area contributed by atoms with Crippen LogP contribution in [0.1, 0.15) is 40.5 Å². The highest BCUT2D eigenvalue weighted by molar-refractivity contribution is 5.82. The second kappa shape index (κ2) is 5.09. The monoisotopic (exact) mass is 237 g/mol. The van der Waals surface area contributed by atoms with Gasteiger partial charge in [0.1, 0.15) is 5.78 Å². The number of hydrogen-bond donors (Lipinski definition) is 0. The Labute approximate surface area is 106 Å². The van der Waals surface area contributed by atoms with Crippen molar-refractivity contribution in [3.63, 3.8) is 0 Å². The molecule has 2 fully saturated rings. The largest absolute Gasteiger partial charge is 0.302 e. The molecule has 0 bridgehead atoms. The maximum Gasteiger partial charge on any atom is 0.137 e. The van der Waals surface area contributed by atoms with E-state index in [-0.39, 0.29) is 0 Å². The summed E-state index contributed by atoms with van der Waals surface area (Å²) < 4.78 is 0. The zero-order chi connectivity index (χ0) is 12.6. The van der Waals surface area contributed by atoms with Crippen LogP contribution >= 0.6 is 0 Å². The summed E-state index contributed by atoms with van der Waals surface area (Å²) in [6, 6.07) is 0. The molecule has 2 rings (SSSR count). The minimum Gasteiger partial charge on any atom is -0.302 e. The molecule has 0 N–H and O–H groups in total. The number of rotatable bonds is 2. The Hall–Kier alpha value is -0.370. The molecule has 0 aromatic carbocycles. The summed E-state index contributed by atoms with van der Waals surface area (Å²) in [4.78, 5) is 14.7. The summed E-state index contributed by atoms with van der Waals surface area (Å²) in [5.41, 5.74) is 0. The van der Waals surface area contributed by atoms with Gasteiger partial charge in [0.25, 0.3) is 0 Å². The molecule has 1 saturated heterocycles. The van der Waals surface area contributed by atoms with Gasteiger partial charge in [-0.2, -0.15) is 0 Å². The summed E-state index contributed by atoms with van der Waals surface area (Å²) in [6.45, 7) is 12.5. The topological polar surface area (TPSA) is 20.3 Å². The number of carbonyl (C=O) groups is 1. The van der Waals surface area contributed by atoms with Crippen LogP contribution in [0.15, 0.2) is 0 Å². The fraction of sp³-hybridized carbons (Fsp3) is 0.933. The fourth-order valence-electron chi connectivity index (χ4n) is 3.65. The van der Waals surface area contributed by atoms with Crippen molar-refractivity contribution in [2.45, 2.75) is 40.5 Å². The van der Waals surface area contributed by atoms with Gasteiger partial charge in [-0.1, -0.05) is 27.7 Å². The molecule has 98 valence electrons. The minimum atomic E-state index is 0.309. The van der Waals surface area contributed by atoms with Crippen LogP contribution in [-0.4, -0.2) is 30.3 Å². The summed E-state index contributed by atoms with van der Waals surface area (Å²) in [6.07, 6.45) is 2.04. The highest BCUT2D eigenvalue weighted by Crippen LogP contribution is 2.33. The summed E-state index contributed by atoms with van der Waals surface area (Å²) in [5, 5.41) is 0. The van der Waals surface area contributed by atoms with Crippen molar-refractivity contribution in [3.05, 3.63) is 0 Å². The van der Waals surface area contributed by atoms with Crippen molar-refractivity contribution >= 4 is 5.78 Å². The van der Waals surface area contributed by atoms with E-state index in [1.165, 1.54) is 19.5 Å². The molecule has 2 nitrogen and oxygen atoms in total. The van der Waals surface area contributed by atoms with Crippen LogP contribution in [0.3, 0.4) is 0 Å². The molecular formula is C15H27NO. The van der Waals surface area contributed by atoms with E-state index in [0.29, 0.717) is 23.5 Å². The number of carbonyl (C=O) groups excluding carboxylic acids is 1. The Kier molecular flexibility index (Phi) is 3.92. The zero-order valence-corrected chi connectivity index (χ0v) is 11.8. The van der Waals surface area contributed by atoms with Crippen LogP contribution in [0.5, 0.6) is 0 Å². The van der Waals surface area contributed by atoms with Gasteiger partial charge >= 0.3 is 0 Å². The van der Waals surface area contributed by atoms with Crippen molar-refractivity contribution in [1.82, 2.24) is 4.90 Å². The van der Waals surface area contributed by atoms with Gasteiger partial charge in [0.15, 0.2) is 0 Å². The number of Topliss-reactive ketones (excluding diaryl/α,β-unsaturated/α-hetero) is 1. The van der Waals surface area contributed by atoms with Gasteiger partial charge < -0.3 is 4.90 Å². The van der Waals surface area contributed by atoms with Gasteiger partial charge in [-0.25, -0.2) is 0 Å². The standard InChI is InChI=1S/C15H27NO/c1-10-5-11(2)14(15(17)6-10)9-16-7-12(3)13(4)8-16/h10-14H,5-9H2,1-4H3. The first-order chi connectivity index (χ1) is 7.97. The van der Waals surface area contributed by atoms with E-state index < -0.39 is 0 Å². The summed E-state index contributed by atoms with van der Waals surface area (Å²) in [7, 11) is 0. The van der Waals surface area contributed by atoms with Gasteiger partial charge in [0.2, 0.25) is 0 Å². The van der Waals surface area contributed by atoms with Gasteiger partial charge in [-0.3, -0.25) is 4.79 Å². The van der Waals surface area contributed by atoms with Crippen LogP contribution in [-0.2, 0) is 4.79 Å². The van der Waals surface area contributed by atoms with Crippen molar-refractivity contribution < 1.29 is 4.79 Å². The minimum absolute atomic E-state index is 0.309. The predicted octanol–water partition coefficient (Wildman–Crippen LogP) is 2.83. The first-order valence-electron chi connectivity index (χ1n) is 7.22. The van der Waals surface area contributed by atoms with Crippen LogP contribution in [0.4, 0.5) is 0 Å². The zero-order valence-electron chi connectivity index (χ0n) is 11.8. The van der Waals surface area contributed by atoms with Gasteiger partial charge in [-0.15, -0.1) is 0 Å². The Morgan fingerprint density at radius 2 is 1.65 bits per heavy atom. The summed E-state index contributed by atoms with van der Waals surface area (Å²) >= 11 is 0. The molecule has 0 spiro atoms. The molecular weight excluding hydrogens is 210 g/mol. The lowest BCUT2D eigenvalue weighted by atomic mass is 9.74. The van der Waals surface area contributed by atoms with Crippen molar-refractivity contribution in [3.8, 4) is 0 Å². The summed E-state index contributed by atoms with van der Waals surface area (Å²) in [5.74, 6) is 3.60. The van der Waals surface area contributed by atoms with Crippen molar-refractivity contribution in [1.29, 1.82) is 0 Å². The molecule has 5 atom stereocenters. The van der Waals surface area contributed by atoms with E-state index in [9.17, 15) is 4.79 Å². The lowest BCUT2D eigenvalue weighted by Crippen LogP contribution is -2.39. The van der Waals surface area contributed by atoms with Crippen LogP contribution in [0.2, 0.25) is 0 Å². The van der Waals surface area contributed by atoms with E-state index in [1.54, 1.807) is 0 Å². The van der Waals surface area contributed by atoms with E-state index in [1.807, 2.05) is 0 Å². The second-order valence-electron chi connectivity index (χ2n) is 6.77. The molecule has 0 aromatic rings. The van der Waals surface area contributed by atoms with Gasteiger partial charge in [-0.05, 0) is 30.1 Å². The average Bonchev–Trinajstić information content (AvgIpc) is 2.52. The van der Waals surface area contributed by atoms with Gasteiger partial charge in [0.05, 0.1) is 0 Å². The number of hydrogen-bond acceptors (Lipinski definition) is 2. The average molecular weight is 237 g/mol. The smallest absolute Gasteiger partial charge is 0.137 e. The molecule has 0 aromatic heterocycles. The van der Waals surface area contributed by atoms with Crippen LogP contribution in [0.25, 0.3) is 0 Å². The molecule has 0 radical (unpaired) electrons. The molecule has 2 heteroatoms. The number of likely N-dealkylation sites (tertiary alicyclic amines) is 1. The van der Waals surface area contributed by atoms with E-state index >= 15 is 0 Å². The lowest BCUT2D eigenvalue weighted by molar-refractivity contribution is -0.128. The van der Waals surface area contributed by atoms with Crippen LogP contribution < -0.4 is 0 Å². The molecule has 1 aliphatic heterocycles. The number of ketones is 1. The third kappa shape index (κ3) is 2.90. The van der Waals surface area contributed by atoms with E-state index in [0.717, 1.165) is 24.8 Å². The Morgan fingerprint density at radius 1 is 1.06 bits per heavy atom. The molecule has 1 saturated carbocycles. The van der Waals surface area contributed by atoms with E-state index in [4.69, 9.17) is 0 Å². The quantitative estimate of drug-likeness (QED) is 0.736. The molecule has 17 heavy (non-hydrogen) atoms. The van der Waals surface area contributed by atoms with Crippen molar-refractivity contribution in [2.75, 3.05) is 19.6 Å². The molecule has 0 amide bonds. The van der Waals surface area contributed by atoms with Crippen molar-refractivity contribution in [2.24, 2.45) is 29.6 Å². The highest BCUT2D eigenvalue weighted by atomic mass is 16.1. The first-order valence-corrected chi connectivity index (χ1v) is 7.22. The fourth-order valence-corrected chi connectivity index (χ4v) is 3.65. The van der Waals surface area contributed by atoms with Gasteiger partial charge in [0, 0.05) is 32.0 Å². The third-order valence-electron chi connectivity index (χ3n) is 4.94. The SMILES string of the molecule is CC1CC(=O)C(CN2CC(C)C(C)C2)C(C)C1. The Morgan fingerprint density at radius 3 is 2.18 bits per heavy atom. The molecule has 5 unspecified atom stereocenters. The lowest BCUT2D eigenvalue weighted by Gasteiger charge is -2.34.